The number of nitrogens with one attached hydrogen (secondary N) is 4. The highest BCUT2D eigenvalue weighted by atomic mass is 35.5. The van der Waals surface area contributed by atoms with E-state index in [-0.39, 0.29) is 11.5 Å². The average Bonchev–Trinajstić information content (AvgIpc) is 3.69. The number of fused-ring (bicyclic) bond motifs is 1. The molecule has 1 saturated carbocycles. The van der Waals surface area contributed by atoms with Gasteiger partial charge < -0.3 is 20.8 Å². The lowest BCUT2D eigenvalue weighted by atomic mass is 9.69. The van der Waals surface area contributed by atoms with Crippen LogP contribution in [0.2, 0.25) is 5.02 Å². The number of halogens is 1. The highest BCUT2D eigenvalue weighted by molar-refractivity contribution is 6.33. The molecule has 3 aromatic rings. The van der Waals surface area contributed by atoms with Crippen molar-refractivity contribution in [2.24, 2.45) is 5.41 Å². The molecule has 41 heavy (non-hydrogen) atoms. The molecular formula is C30H32BClN8O. The second-order valence-corrected chi connectivity index (χ2v) is 12.3. The third-order valence-electron chi connectivity index (χ3n) is 8.37. The zero-order chi connectivity index (χ0) is 28.8. The highest BCUT2D eigenvalue weighted by Gasteiger charge is 2.39. The smallest absolute Gasteiger partial charge is 0.148 e. The molecule has 1 aliphatic carbocycles. The molecule has 0 amide bonds. The van der Waals surface area contributed by atoms with Gasteiger partial charge in [-0.15, -0.1) is 5.53 Å². The van der Waals surface area contributed by atoms with E-state index < -0.39 is 5.44 Å². The number of hydrogen-bond acceptors (Lipinski definition) is 9. The van der Waals surface area contributed by atoms with Crippen LogP contribution in [0.5, 0.6) is 0 Å². The number of hydrogen-bond donors (Lipinski definition) is 4. The first-order chi connectivity index (χ1) is 19.7. The lowest BCUT2D eigenvalue weighted by Crippen LogP contribution is -2.45. The van der Waals surface area contributed by atoms with Crippen molar-refractivity contribution in [2.75, 3.05) is 23.8 Å². The summed E-state index contributed by atoms with van der Waals surface area (Å²) >= 11 is 6.77. The summed E-state index contributed by atoms with van der Waals surface area (Å²) < 4.78 is 5.73. The number of hydrazine groups is 2. The van der Waals surface area contributed by atoms with Crippen molar-refractivity contribution in [1.29, 1.82) is 10.5 Å². The molecule has 0 bridgehead atoms. The van der Waals surface area contributed by atoms with E-state index in [4.69, 9.17) is 16.3 Å². The summed E-state index contributed by atoms with van der Waals surface area (Å²) in [5, 5.41) is 31.0. The fraction of sp³-hybridized carbons (Fsp3) is 0.367. The van der Waals surface area contributed by atoms with Gasteiger partial charge in [0.05, 0.1) is 40.1 Å². The Kier molecular flexibility index (Phi) is 6.95. The third kappa shape index (κ3) is 5.04. The van der Waals surface area contributed by atoms with Crippen LogP contribution in [0.4, 0.5) is 11.4 Å². The first-order valence-corrected chi connectivity index (χ1v) is 14.3. The zero-order valence-electron chi connectivity index (χ0n) is 23.4. The fourth-order valence-electron chi connectivity index (χ4n) is 5.74. The summed E-state index contributed by atoms with van der Waals surface area (Å²) in [7, 11) is 2.06. The van der Waals surface area contributed by atoms with Crippen LogP contribution in [0.3, 0.4) is 0 Å². The fourth-order valence-corrected chi connectivity index (χ4v) is 6.06. The number of rotatable bonds is 7. The SMILES string of the molecule is BC(Nc1cc(C#N)c2ncc(C#N)c(NC3CCOCC3(C)C)c2c1)(C1=CN(C2CC2)NN1)c1ccccc1Cl. The van der Waals surface area contributed by atoms with Crippen LogP contribution in [0, 0.1) is 28.1 Å². The van der Waals surface area contributed by atoms with Crippen LogP contribution >= 0.6 is 11.6 Å². The molecule has 2 aliphatic heterocycles. The molecule has 6 rings (SSSR count). The van der Waals surface area contributed by atoms with Crippen LogP contribution in [0.25, 0.3) is 10.9 Å². The molecule has 3 heterocycles. The Morgan fingerprint density at radius 2 is 1.95 bits per heavy atom. The predicted molar refractivity (Wildman–Crippen MR) is 162 cm³/mol. The minimum Gasteiger partial charge on any atom is -0.381 e. The van der Waals surface area contributed by atoms with Crippen molar-refractivity contribution in [3.8, 4) is 12.1 Å². The van der Waals surface area contributed by atoms with Crippen molar-refractivity contribution in [1.82, 2.24) is 21.0 Å². The molecule has 4 N–H and O–H groups in total. The van der Waals surface area contributed by atoms with Crippen LogP contribution in [-0.2, 0) is 10.2 Å². The lowest BCUT2D eigenvalue weighted by molar-refractivity contribution is 0.00350. The van der Waals surface area contributed by atoms with Gasteiger partial charge in [0.2, 0.25) is 0 Å². The summed E-state index contributed by atoms with van der Waals surface area (Å²) in [6, 6.07) is 16.7. The topological polar surface area (TPSA) is 121 Å². The number of ether oxygens (including phenoxy) is 1. The first-order valence-electron chi connectivity index (χ1n) is 13.9. The Balaban J connectivity index is 1.48. The van der Waals surface area contributed by atoms with Gasteiger partial charge in [-0.1, -0.05) is 43.6 Å². The Morgan fingerprint density at radius 3 is 2.66 bits per heavy atom. The average molecular weight is 567 g/mol. The van der Waals surface area contributed by atoms with Crippen molar-refractivity contribution in [3.05, 3.63) is 76.2 Å². The number of aromatic nitrogens is 1. The first kappa shape index (κ1) is 27.2. The molecule has 0 radical (unpaired) electrons. The number of benzene rings is 2. The maximum atomic E-state index is 10.2. The van der Waals surface area contributed by atoms with Crippen LogP contribution in [0.15, 0.2) is 54.5 Å². The van der Waals surface area contributed by atoms with Crippen LogP contribution < -0.4 is 21.6 Å². The quantitative estimate of drug-likeness (QED) is 0.313. The van der Waals surface area contributed by atoms with Crippen molar-refractivity contribution in [2.45, 2.75) is 50.6 Å². The Hall–Kier alpha value is -3.96. The molecular weight excluding hydrogens is 535 g/mol. The number of nitriles is 2. The molecule has 2 aromatic carbocycles. The van der Waals surface area contributed by atoms with Gasteiger partial charge in [0.15, 0.2) is 0 Å². The van der Waals surface area contributed by atoms with Crippen LogP contribution in [-0.4, -0.2) is 43.1 Å². The second-order valence-electron chi connectivity index (χ2n) is 11.9. The zero-order valence-corrected chi connectivity index (χ0v) is 24.1. The van der Waals surface area contributed by atoms with E-state index in [0.29, 0.717) is 57.7 Å². The van der Waals surface area contributed by atoms with Crippen molar-refractivity contribution in [3.63, 3.8) is 0 Å². The lowest BCUT2D eigenvalue weighted by Gasteiger charge is -2.39. The van der Waals surface area contributed by atoms with E-state index in [0.717, 1.165) is 30.5 Å². The van der Waals surface area contributed by atoms with E-state index in [1.165, 1.54) is 0 Å². The van der Waals surface area contributed by atoms with E-state index >= 15 is 0 Å². The molecule has 1 saturated heterocycles. The molecule has 11 heteroatoms. The number of nitrogens with zero attached hydrogens (tertiary/aromatic N) is 4. The summed E-state index contributed by atoms with van der Waals surface area (Å²) in [5.74, 6) is 0. The molecule has 2 unspecified atom stereocenters. The minimum absolute atomic E-state index is 0.0804. The van der Waals surface area contributed by atoms with Gasteiger partial charge in [-0.3, -0.25) is 9.99 Å². The molecule has 3 aliphatic rings. The van der Waals surface area contributed by atoms with Crippen molar-refractivity contribution >= 4 is 41.7 Å². The summed E-state index contributed by atoms with van der Waals surface area (Å²) in [4.78, 5) is 4.54. The number of pyridine rings is 1. The van der Waals surface area contributed by atoms with Gasteiger partial charge in [0.1, 0.15) is 20.0 Å². The van der Waals surface area contributed by atoms with Gasteiger partial charge in [0, 0.05) is 52.6 Å². The number of anilines is 2. The maximum Gasteiger partial charge on any atom is 0.148 e. The summed E-state index contributed by atoms with van der Waals surface area (Å²) in [5.41, 5.74) is 10.2. The van der Waals surface area contributed by atoms with Crippen LogP contribution in [0.1, 0.15) is 49.8 Å². The summed E-state index contributed by atoms with van der Waals surface area (Å²) in [6.45, 7) is 5.58. The second kappa shape index (κ2) is 10.5. The summed E-state index contributed by atoms with van der Waals surface area (Å²) in [6.07, 6.45) is 6.71. The van der Waals surface area contributed by atoms with Gasteiger partial charge >= 0.3 is 0 Å². The molecule has 1 aromatic heterocycles. The van der Waals surface area contributed by atoms with E-state index in [1.807, 2.05) is 30.3 Å². The Labute approximate surface area is 245 Å². The molecule has 208 valence electrons. The van der Waals surface area contributed by atoms with Gasteiger partial charge in [-0.25, -0.2) is 0 Å². The van der Waals surface area contributed by atoms with Crippen molar-refractivity contribution < 1.29 is 4.74 Å². The molecule has 0 spiro atoms. The predicted octanol–water partition coefficient (Wildman–Crippen LogP) is 4.09. The largest absolute Gasteiger partial charge is 0.381 e. The Bertz CT molecular complexity index is 1630. The van der Waals surface area contributed by atoms with E-state index in [9.17, 15) is 10.5 Å². The normalized spacial score (nSPS) is 21.2. The third-order valence-corrected chi connectivity index (χ3v) is 8.70. The van der Waals surface area contributed by atoms with Gasteiger partial charge in [0.25, 0.3) is 0 Å². The molecule has 9 nitrogen and oxygen atoms in total. The van der Waals surface area contributed by atoms with Gasteiger partial charge in [-0.05, 0) is 43.0 Å². The highest BCUT2D eigenvalue weighted by Crippen LogP contribution is 2.40. The standard InChI is InChI=1S/C30H32BClN8O/c1-29(2)17-41-10-9-25(29)36-28-19(14-34)15-35-27-18(13-33)11-20(12-22(27)28)37-30(31,23-5-3-4-6-24(23)32)26-16-40(39-38-26)21-7-8-21/h3-6,11-12,15-16,21,25,37-39H,7-10,17,31H2,1-2H3,(H,35,36). The monoisotopic (exact) mass is 566 g/mol. The van der Waals surface area contributed by atoms with Gasteiger partial charge in [-0.2, -0.15) is 10.5 Å². The Morgan fingerprint density at radius 1 is 1.17 bits per heavy atom. The van der Waals surface area contributed by atoms with E-state index in [1.54, 1.807) is 12.3 Å². The molecule has 2 atom stereocenters. The molecule has 2 fully saturated rings. The van der Waals surface area contributed by atoms with E-state index in [2.05, 4.69) is 71.6 Å². The minimum atomic E-state index is -0.786. The maximum absolute atomic E-state index is 10.2.